The first-order chi connectivity index (χ1) is 5.90. The number of hydrogen-bond acceptors (Lipinski definition) is 3. The topological polar surface area (TPSA) is 75.4 Å². The Morgan fingerprint density at radius 1 is 1.54 bits per heavy atom. The highest BCUT2D eigenvalue weighted by atomic mass is 16.2. The van der Waals surface area contributed by atoms with Crippen molar-refractivity contribution in [1.82, 2.24) is 10.2 Å². The maximum atomic E-state index is 11.3. The van der Waals surface area contributed by atoms with Crippen LogP contribution in [-0.4, -0.2) is 41.9 Å². The molecule has 1 saturated heterocycles. The standard InChI is InChI=1S/C8H15N3O2/c1-8(2,9)5-11-4-3-10-6(12)7(11)13/h3-5,9H2,1-2H3,(H,10,12). The van der Waals surface area contributed by atoms with Gasteiger partial charge in [0, 0.05) is 25.2 Å². The first-order valence-electron chi connectivity index (χ1n) is 4.26. The zero-order valence-corrected chi connectivity index (χ0v) is 7.96. The van der Waals surface area contributed by atoms with Crippen LogP contribution in [0.4, 0.5) is 0 Å². The molecular formula is C8H15N3O2. The van der Waals surface area contributed by atoms with Crippen LogP contribution in [0.15, 0.2) is 0 Å². The first kappa shape index (κ1) is 9.98. The van der Waals surface area contributed by atoms with E-state index in [1.165, 1.54) is 4.90 Å². The Labute approximate surface area is 77.3 Å². The lowest BCUT2D eigenvalue weighted by molar-refractivity contribution is -0.148. The summed E-state index contributed by atoms with van der Waals surface area (Å²) >= 11 is 0. The molecule has 5 heteroatoms. The highest BCUT2D eigenvalue weighted by Crippen LogP contribution is 2.03. The summed E-state index contributed by atoms with van der Waals surface area (Å²) in [6.45, 7) is 5.13. The molecule has 0 aliphatic carbocycles. The summed E-state index contributed by atoms with van der Waals surface area (Å²) in [5, 5.41) is 2.48. The summed E-state index contributed by atoms with van der Waals surface area (Å²) in [4.78, 5) is 23.7. The van der Waals surface area contributed by atoms with Crippen molar-refractivity contribution in [3.05, 3.63) is 0 Å². The summed E-state index contributed by atoms with van der Waals surface area (Å²) in [7, 11) is 0. The number of piperazine rings is 1. The van der Waals surface area contributed by atoms with E-state index in [0.717, 1.165) is 0 Å². The molecular weight excluding hydrogens is 170 g/mol. The molecule has 1 aliphatic rings. The predicted octanol–water partition coefficient (Wildman–Crippen LogP) is -1.32. The molecule has 1 aliphatic heterocycles. The van der Waals surface area contributed by atoms with Crippen LogP contribution in [-0.2, 0) is 9.59 Å². The minimum atomic E-state index is -0.532. The summed E-state index contributed by atoms with van der Waals surface area (Å²) in [5.41, 5.74) is 5.30. The van der Waals surface area contributed by atoms with Gasteiger partial charge in [-0.1, -0.05) is 0 Å². The van der Waals surface area contributed by atoms with Gasteiger partial charge in [0.1, 0.15) is 0 Å². The molecule has 0 atom stereocenters. The Kier molecular flexibility index (Phi) is 2.56. The van der Waals surface area contributed by atoms with Gasteiger partial charge < -0.3 is 16.0 Å². The van der Waals surface area contributed by atoms with Crippen molar-refractivity contribution >= 4 is 11.8 Å². The van der Waals surface area contributed by atoms with E-state index in [9.17, 15) is 9.59 Å². The normalized spacial score (nSPS) is 18.8. The van der Waals surface area contributed by atoms with E-state index in [-0.39, 0.29) is 0 Å². The second-order valence-electron chi connectivity index (χ2n) is 3.97. The largest absolute Gasteiger partial charge is 0.346 e. The predicted molar refractivity (Wildman–Crippen MR) is 47.9 cm³/mol. The average molecular weight is 185 g/mol. The minimum Gasteiger partial charge on any atom is -0.346 e. The first-order valence-corrected chi connectivity index (χ1v) is 4.26. The fraction of sp³-hybridized carbons (Fsp3) is 0.750. The van der Waals surface area contributed by atoms with Crippen LogP contribution in [0.1, 0.15) is 13.8 Å². The Morgan fingerprint density at radius 3 is 2.69 bits per heavy atom. The lowest BCUT2D eigenvalue weighted by Gasteiger charge is -2.32. The van der Waals surface area contributed by atoms with Crippen LogP contribution in [0.5, 0.6) is 0 Å². The van der Waals surface area contributed by atoms with Crippen molar-refractivity contribution < 1.29 is 9.59 Å². The molecule has 0 unspecified atom stereocenters. The molecule has 1 fully saturated rings. The number of amides is 2. The van der Waals surface area contributed by atoms with E-state index in [1.54, 1.807) is 0 Å². The minimum absolute atomic E-state index is 0.416. The molecule has 3 N–H and O–H groups in total. The number of nitrogens with zero attached hydrogens (tertiary/aromatic N) is 1. The molecule has 0 radical (unpaired) electrons. The number of nitrogens with two attached hydrogens (primary N) is 1. The third kappa shape index (κ3) is 2.69. The third-order valence-electron chi connectivity index (χ3n) is 1.75. The lowest BCUT2D eigenvalue weighted by atomic mass is 10.1. The van der Waals surface area contributed by atoms with Gasteiger partial charge in [0.05, 0.1) is 0 Å². The van der Waals surface area contributed by atoms with Crippen LogP contribution in [0.3, 0.4) is 0 Å². The quantitative estimate of drug-likeness (QED) is 0.524. The van der Waals surface area contributed by atoms with Crippen LogP contribution in [0, 0.1) is 0 Å². The van der Waals surface area contributed by atoms with Crippen LogP contribution in [0.2, 0.25) is 0 Å². The van der Waals surface area contributed by atoms with Gasteiger partial charge in [-0.3, -0.25) is 9.59 Å². The van der Waals surface area contributed by atoms with Crippen molar-refractivity contribution in [2.45, 2.75) is 19.4 Å². The van der Waals surface area contributed by atoms with Crippen molar-refractivity contribution in [3.63, 3.8) is 0 Å². The second-order valence-corrected chi connectivity index (χ2v) is 3.97. The number of rotatable bonds is 2. The van der Waals surface area contributed by atoms with Crippen molar-refractivity contribution in [1.29, 1.82) is 0 Å². The fourth-order valence-electron chi connectivity index (χ4n) is 1.27. The van der Waals surface area contributed by atoms with Gasteiger partial charge in [-0.15, -0.1) is 0 Å². The molecule has 0 aromatic carbocycles. The maximum absolute atomic E-state index is 11.3. The van der Waals surface area contributed by atoms with Gasteiger partial charge in [-0.2, -0.15) is 0 Å². The highest BCUT2D eigenvalue weighted by molar-refractivity contribution is 6.35. The van der Waals surface area contributed by atoms with Gasteiger partial charge in [0.2, 0.25) is 0 Å². The molecule has 1 heterocycles. The van der Waals surface area contributed by atoms with Crippen LogP contribution < -0.4 is 11.1 Å². The van der Waals surface area contributed by atoms with Gasteiger partial charge in [-0.05, 0) is 13.8 Å². The molecule has 5 nitrogen and oxygen atoms in total. The molecule has 0 aromatic heterocycles. The zero-order chi connectivity index (χ0) is 10.1. The van der Waals surface area contributed by atoms with Crippen molar-refractivity contribution in [2.75, 3.05) is 19.6 Å². The smallest absolute Gasteiger partial charge is 0.312 e. The molecule has 74 valence electrons. The molecule has 0 spiro atoms. The molecule has 0 bridgehead atoms. The molecule has 13 heavy (non-hydrogen) atoms. The number of hydrogen-bond donors (Lipinski definition) is 2. The highest BCUT2D eigenvalue weighted by Gasteiger charge is 2.28. The van der Waals surface area contributed by atoms with Crippen LogP contribution in [0.25, 0.3) is 0 Å². The van der Waals surface area contributed by atoms with Crippen molar-refractivity contribution in [3.8, 4) is 0 Å². The molecule has 0 aromatic rings. The van der Waals surface area contributed by atoms with E-state index in [1.807, 2.05) is 13.8 Å². The second kappa shape index (κ2) is 3.33. The zero-order valence-electron chi connectivity index (χ0n) is 7.96. The number of carbonyl (C=O) groups excluding carboxylic acids is 2. The average Bonchev–Trinajstić information content (AvgIpc) is 1.96. The summed E-state index contributed by atoms with van der Waals surface area (Å²) in [6.07, 6.45) is 0. The monoisotopic (exact) mass is 185 g/mol. The van der Waals surface area contributed by atoms with E-state index in [0.29, 0.717) is 19.6 Å². The van der Waals surface area contributed by atoms with Gasteiger partial charge in [0.15, 0.2) is 0 Å². The van der Waals surface area contributed by atoms with Gasteiger partial charge in [0.25, 0.3) is 0 Å². The summed E-state index contributed by atoms with van der Waals surface area (Å²) in [5.74, 6) is -1.01. The Hall–Kier alpha value is -1.10. The SMILES string of the molecule is CC(C)(N)CN1CCNC(=O)C1=O. The third-order valence-corrected chi connectivity index (χ3v) is 1.75. The van der Waals surface area contributed by atoms with E-state index >= 15 is 0 Å². The summed E-state index contributed by atoms with van der Waals surface area (Å²) < 4.78 is 0. The van der Waals surface area contributed by atoms with Crippen molar-refractivity contribution in [2.24, 2.45) is 5.73 Å². The fourth-order valence-corrected chi connectivity index (χ4v) is 1.27. The molecule has 2 amide bonds. The van der Waals surface area contributed by atoms with Crippen LogP contribution >= 0.6 is 0 Å². The number of nitrogens with one attached hydrogen (secondary N) is 1. The molecule has 1 rings (SSSR count). The van der Waals surface area contributed by atoms with E-state index in [4.69, 9.17) is 5.73 Å². The molecule has 0 saturated carbocycles. The van der Waals surface area contributed by atoms with E-state index < -0.39 is 17.4 Å². The van der Waals surface area contributed by atoms with E-state index in [2.05, 4.69) is 5.32 Å². The Morgan fingerprint density at radius 2 is 2.15 bits per heavy atom. The maximum Gasteiger partial charge on any atom is 0.312 e. The Bertz CT molecular complexity index is 232. The van der Waals surface area contributed by atoms with Gasteiger partial charge in [-0.25, -0.2) is 0 Å². The lowest BCUT2D eigenvalue weighted by Crippen LogP contribution is -2.57. The number of carbonyl (C=O) groups is 2. The summed E-state index contributed by atoms with van der Waals surface area (Å²) in [6, 6.07) is 0. The van der Waals surface area contributed by atoms with Gasteiger partial charge >= 0.3 is 11.8 Å². The Balaban J connectivity index is 2.59.